The van der Waals surface area contributed by atoms with Gasteiger partial charge in [-0.3, -0.25) is 14.1 Å². The predicted molar refractivity (Wildman–Crippen MR) is 124 cm³/mol. The number of halogens is 2. The first-order valence-electron chi connectivity index (χ1n) is 10.5. The zero-order valence-electron chi connectivity index (χ0n) is 18.1. The van der Waals surface area contributed by atoms with E-state index in [9.17, 15) is 26.8 Å². The third-order valence-corrected chi connectivity index (χ3v) is 8.43. The highest BCUT2D eigenvalue weighted by Gasteiger charge is 2.57. The van der Waals surface area contributed by atoms with Gasteiger partial charge in [0.05, 0.1) is 35.4 Å². The van der Waals surface area contributed by atoms with Crippen LogP contribution in [0, 0.1) is 11.8 Å². The van der Waals surface area contributed by atoms with Crippen LogP contribution in [0.2, 0.25) is 0 Å². The molecule has 0 spiro atoms. The highest BCUT2D eigenvalue weighted by atomic mass is 32.2. The number of carbonyl (C=O) groups excluding carboxylic acids is 2. The maximum atomic E-state index is 13.3. The summed E-state index contributed by atoms with van der Waals surface area (Å²) in [6.45, 7) is 0. The van der Waals surface area contributed by atoms with Gasteiger partial charge in [0, 0.05) is 10.5 Å². The fourth-order valence-electron chi connectivity index (χ4n) is 4.42. The van der Waals surface area contributed by atoms with Crippen molar-refractivity contribution in [3.05, 3.63) is 28.8 Å². The van der Waals surface area contributed by atoms with Crippen molar-refractivity contribution < 1.29 is 40.8 Å². The lowest BCUT2D eigenvalue weighted by atomic mass is 9.79. The van der Waals surface area contributed by atoms with E-state index in [-0.39, 0.29) is 35.2 Å². The topological polar surface area (TPSA) is 107 Å². The van der Waals surface area contributed by atoms with Gasteiger partial charge in [0.1, 0.15) is 11.5 Å². The van der Waals surface area contributed by atoms with Gasteiger partial charge in [-0.2, -0.15) is 20.2 Å². The Bertz CT molecular complexity index is 1020. The molecule has 1 N–H and O–H groups in total. The Balaban J connectivity index is 1.84. The van der Waals surface area contributed by atoms with Crippen LogP contribution in [-0.2, 0) is 43.4 Å². The Morgan fingerprint density at radius 1 is 1.03 bits per heavy atom. The molecule has 2 saturated heterocycles. The van der Waals surface area contributed by atoms with Gasteiger partial charge in [0.25, 0.3) is 16.5 Å². The molecule has 0 aliphatic carbocycles. The molecule has 2 bridgehead atoms. The van der Waals surface area contributed by atoms with E-state index >= 15 is 0 Å². The molecule has 5 atom stereocenters. The molecule has 1 aromatic rings. The van der Waals surface area contributed by atoms with Gasteiger partial charge in [-0.1, -0.05) is 36.7 Å². The second-order valence-corrected chi connectivity index (χ2v) is 11.2. The van der Waals surface area contributed by atoms with Crippen molar-refractivity contribution >= 4 is 57.4 Å². The van der Waals surface area contributed by atoms with Gasteiger partial charge < -0.3 is 9.47 Å². The van der Waals surface area contributed by atoms with Gasteiger partial charge >= 0.3 is 11.9 Å². The lowest BCUT2D eigenvalue weighted by Gasteiger charge is -2.28. The maximum absolute atomic E-state index is 13.3. The summed E-state index contributed by atoms with van der Waals surface area (Å²) in [6.07, 6.45) is -4.24. The third-order valence-electron chi connectivity index (χ3n) is 5.92. The first-order chi connectivity index (χ1) is 16.0. The Kier molecular flexibility index (Phi) is 8.78. The lowest BCUT2D eigenvalue weighted by Crippen LogP contribution is -2.44. The molecule has 6 radical (unpaired) electrons. The fourth-order valence-corrected chi connectivity index (χ4v) is 6.94. The number of benzene rings is 1. The normalized spacial score (nSPS) is 24.8. The Labute approximate surface area is 205 Å². The van der Waals surface area contributed by atoms with E-state index in [0.29, 0.717) is 24.0 Å². The van der Waals surface area contributed by atoms with E-state index in [1.54, 1.807) is 12.1 Å². The molecule has 1 aromatic carbocycles. The van der Waals surface area contributed by atoms with E-state index in [0.717, 1.165) is 5.56 Å². The number of hydrogen-bond acceptors (Lipinski definition) is 7. The first kappa shape index (κ1) is 27.1. The van der Waals surface area contributed by atoms with Crippen LogP contribution in [0.5, 0.6) is 5.75 Å². The smallest absolute Gasteiger partial charge is 0.316 e. The number of carbonyl (C=O) groups is 2. The first-order valence-corrected chi connectivity index (χ1v) is 13.1. The average Bonchev–Trinajstić information content (AvgIpc) is 3.39. The molecule has 34 heavy (non-hydrogen) atoms. The molecule has 0 aromatic heterocycles. The number of esters is 2. The zero-order valence-corrected chi connectivity index (χ0v) is 19.7. The quantitative estimate of drug-likeness (QED) is 0.218. The lowest BCUT2D eigenvalue weighted by molar-refractivity contribution is -0.166. The van der Waals surface area contributed by atoms with Crippen LogP contribution >= 0.6 is 11.8 Å². The summed E-state index contributed by atoms with van der Waals surface area (Å²) in [4.78, 5) is 26.1. The number of hydrogen-bond donors (Lipinski definition) is 1. The molecule has 2 aliphatic rings. The molecular weight excluding hydrogens is 487 g/mol. The predicted octanol–water partition coefficient (Wildman–Crippen LogP) is 1.17. The summed E-state index contributed by atoms with van der Waals surface area (Å²) >= 11 is 1.37. The Hall–Kier alpha value is -1.53. The number of alkyl halides is 2. The van der Waals surface area contributed by atoms with E-state index in [1.807, 2.05) is 0 Å². The van der Waals surface area contributed by atoms with Gasteiger partial charge in [-0.05, 0) is 24.0 Å². The van der Waals surface area contributed by atoms with Crippen molar-refractivity contribution in [3.63, 3.8) is 0 Å². The monoisotopic (exact) mass is 508 g/mol. The molecule has 0 amide bonds. The van der Waals surface area contributed by atoms with Crippen LogP contribution in [0.25, 0.3) is 0 Å². The summed E-state index contributed by atoms with van der Waals surface area (Å²) in [7, 11) is 12.5. The van der Waals surface area contributed by atoms with Crippen LogP contribution in [0.15, 0.2) is 12.1 Å². The van der Waals surface area contributed by atoms with Gasteiger partial charge in [0.15, 0.2) is 6.10 Å². The van der Waals surface area contributed by atoms with E-state index in [4.69, 9.17) is 37.6 Å². The Morgan fingerprint density at radius 2 is 1.56 bits per heavy atom. The van der Waals surface area contributed by atoms with E-state index < -0.39 is 52.2 Å². The van der Waals surface area contributed by atoms with Crippen molar-refractivity contribution in [2.75, 3.05) is 5.75 Å². The molecule has 2 aliphatic heterocycles. The molecule has 3 rings (SSSR count). The number of rotatable bonds is 10. The zero-order chi connectivity index (χ0) is 25.2. The van der Waals surface area contributed by atoms with Gasteiger partial charge in [-0.25, -0.2) is 8.78 Å². The minimum Gasteiger partial charge on any atom is -0.455 e. The minimum absolute atomic E-state index is 0.0338. The molecule has 5 unspecified atom stereocenters. The van der Waals surface area contributed by atoms with Gasteiger partial charge in [0.2, 0.25) is 0 Å². The summed E-state index contributed by atoms with van der Waals surface area (Å²) in [5.74, 6) is -5.27. The van der Waals surface area contributed by atoms with Crippen LogP contribution in [-0.4, -0.2) is 77.2 Å². The summed E-state index contributed by atoms with van der Waals surface area (Å²) in [5.41, 5.74) is 1.74. The van der Waals surface area contributed by atoms with Crippen LogP contribution in [0.3, 0.4) is 0 Å². The largest absolute Gasteiger partial charge is 0.455 e. The van der Waals surface area contributed by atoms with Crippen molar-refractivity contribution in [1.29, 1.82) is 0 Å². The van der Waals surface area contributed by atoms with Crippen LogP contribution in [0.4, 0.5) is 8.78 Å². The summed E-state index contributed by atoms with van der Waals surface area (Å²) < 4.78 is 67.9. The fraction of sp³-hybridized carbons (Fsp3) is 0.600. The molecule has 7 nitrogen and oxygen atoms in total. The van der Waals surface area contributed by atoms with E-state index in [2.05, 4.69) is 0 Å². The van der Waals surface area contributed by atoms with E-state index in [1.165, 1.54) is 11.8 Å². The molecule has 2 heterocycles. The van der Waals surface area contributed by atoms with Crippen LogP contribution in [0.1, 0.15) is 29.5 Å². The highest BCUT2D eigenvalue weighted by Crippen LogP contribution is 2.54. The summed E-state index contributed by atoms with van der Waals surface area (Å²) in [5, 5.41) is -0.672. The third kappa shape index (κ3) is 5.99. The second kappa shape index (κ2) is 11.0. The molecule has 2 fully saturated rings. The second-order valence-electron chi connectivity index (χ2n) is 8.18. The SMILES string of the molecule is [B]Cc1cc(C[B])c(OC(=O)C2C3CCC(S3)C2C(=O)OC(CS(=O)(=O)O)C(F)F)c(C[B])c1. The maximum Gasteiger partial charge on any atom is 0.316 e. The molecule has 178 valence electrons. The number of ether oxygens (including phenoxy) is 2. The standard InChI is InChI=1S/C20H21B3F2O7S2/c21-5-9-3-10(6-22)17(11(4-9)7-23)32-20(27)16-14-2-1-13(33-14)15(16)19(26)31-12(18(24)25)8-34(28,29)30/h3-4,12-16,18H,1-2,5-8H2,(H,28,29,30). The number of thioether (sulfide) groups is 1. The summed E-state index contributed by atoms with van der Waals surface area (Å²) in [6, 6.07) is 3.37. The van der Waals surface area contributed by atoms with Crippen molar-refractivity contribution in [3.8, 4) is 5.75 Å². The molecule has 14 heteroatoms. The highest BCUT2D eigenvalue weighted by molar-refractivity contribution is 8.01. The number of fused-ring (bicyclic) bond motifs is 2. The molecule has 0 saturated carbocycles. The van der Waals surface area contributed by atoms with Crippen molar-refractivity contribution in [1.82, 2.24) is 0 Å². The van der Waals surface area contributed by atoms with Crippen molar-refractivity contribution in [2.45, 2.75) is 54.8 Å². The molecular formula is C20H21B3F2O7S2. The van der Waals surface area contributed by atoms with Crippen molar-refractivity contribution in [2.24, 2.45) is 11.8 Å². The van der Waals surface area contributed by atoms with Crippen LogP contribution < -0.4 is 4.74 Å². The Morgan fingerprint density at radius 3 is 2.00 bits per heavy atom. The average molecular weight is 508 g/mol. The van der Waals surface area contributed by atoms with Gasteiger partial charge in [-0.15, -0.1) is 0 Å². The minimum atomic E-state index is -4.83.